The molecular formula is C21H24O4S2. The maximum atomic E-state index is 12.8. The fraction of sp³-hybridized carbons (Fsp3) is 0.429. The van der Waals surface area contributed by atoms with E-state index in [0.717, 1.165) is 20.9 Å². The van der Waals surface area contributed by atoms with Gasteiger partial charge >= 0.3 is 11.9 Å². The molecule has 1 aliphatic carbocycles. The average Bonchev–Trinajstić information content (AvgIpc) is 3.04. The van der Waals surface area contributed by atoms with Crippen LogP contribution in [-0.4, -0.2) is 24.8 Å². The molecule has 6 heteroatoms. The van der Waals surface area contributed by atoms with Crippen molar-refractivity contribution >= 4 is 35.0 Å². The topological polar surface area (TPSA) is 52.6 Å². The molecule has 0 radical (unpaired) electrons. The third kappa shape index (κ3) is 4.22. The molecule has 0 fully saturated rings. The van der Waals surface area contributed by atoms with Crippen LogP contribution in [0.5, 0.6) is 0 Å². The van der Waals surface area contributed by atoms with Crippen LogP contribution in [0.1, 0.15) is 46.6 Å². The summed E-state index contributed by atoms with van der Waals surface area (Å²) in [6.07, 6.45) is 3.96. The summed E-state index contributed by atoms with van der Waals surface area (Å²) in [5.74, 6) is -0.428. The highest BCUT2D eigenvalue weighted by atomic mass is 32.2. The monoisotopic (exact) mass is 404 g/mol. The number of carbonyl (C=O) groups is 2. The molecular weight excluding hydrogens is 380 g/mol. The lowest BCUT2D eigenvalue weighted by molar-refractivity contribution is -0.157. The second-order valence-electron chi connectivity index (χ2n) is 6.90. The molecule has 0 spiro atoms. The van der Waals surface area contributed by atoms with E-state index < -0.39 is 5.41 Å². The van der Waals surface area contributed by atoms with Gasteiger partial charge in [-0.3, -0.25) is 4.79 Å². The van der Waals surface area contributed by atoms with Crippen molar-refractivity contribution in [1.29, 1.82) is 0 Å². The second-order valence-corrected chi connectivity index (χ2v) is 9.00. The Hall–Kier alpha value is -1.79. The molecule has 0 aliphatic heterocycles. The summed E-state index contributed by atoms with van der Waals surface area (Å²) < 4.78 is 11.9. The Morgan fingerprint density at radius 3 is 2.59 bits per heavy atom. The van der Waals surface area contributed by atoms with Crippen molar-refractivity contribution in [1.82, 2.24) is 0 Å². The Morgan fingerprint density at radius 2 is 1.93 bits per heavy atom. The standard InChI is InChI=1S/C21H24O4S2/c1-4-24-18(22)17-15-10-11-21(2,12-16(15)19(26-3)27-17)20(23)25-13-14-8-6-5-7-9-14/h5-9H,4,10-13H2,1-3H3. The number of hydrogen-bond donors (Lipinski definition) is 0. The van der Waals surface area contributed by atoms with Crippen molar-refractivity contribution in [3.05, 3.63) is 51.9 Å². The lowest BCUT2D eigenvalue weighted by Crippen LogP contribution is -2.35. The lowest BCUT2D eigenvalue weighted by Gasteiger charge is -2.32. The minimum Gasteiger partial charge on any atom is -0.462 e. The summed E-state index contributed by atoms with van der Waals surface area (Å²) in [5, 5.41) is 0. The van der Waals surface area contributed by atoms with Crippen LogP contribution in [0.25, 0.3) is 0 Å². The molecule has 144 valence electrons. The Balaban J connectivity index is 1.77. The molecule has 1 aromatic heterocycles. The van der Waals surface area contributed by atoms with E-state index in [-0.39, 0.29) is 18.5 Å². The van der Waals surface area contributed by atoms with Gasteiger partial charge in [0.1, 0.15) is 11.5 Å². The minimum absolute atomic E-state index is 0.173. The van der Waals surface area contributed by atoms with E-state index in [9.17, 15) is 9.59 Å². The SMILES string of the molecule is CCOC(=O)c1sc(SC)c2c1CCC(C)(C(=O)OCc1ccccc1)C2. The lowest BCUT2D eigenvalue weighted by atomic mass is 9.73. The number of thiophene rings is 1. The van der Waals surface area contributed by atoms with Gasteiger partial charge in [0, 0.05) is 0 Å². The molecule has 0 amide bonds. The summed E-state index contributed by atoms with van der Waals surface area (Å²) in [6, 6.07) is 9.71. The van der Waals surface area contributed by atoms with Crippen LogP contribution in [0.4, 0.5) is 0 Å². The van der Waals surface area contributed by atoms with Gasteiger partial charge in [0.2, 0.25) is 0 Å². The molecule has 4 nitrogen and oxygen atoms in total. The fourth-order valence-electron chi connectivity index (χ4n) is 3.40. The van der Waals surface area contributed by atoms with E-state index in [1.54, 1.807) is 11.8 Å². The smallest absolute Gasteiger partial charge is 0.348 e. The van der Waals surface area contributed by atoms with E-state index in [4.69, 9.17) is 9.47 Å². The zero-order chi connectivity index (χ0) is 19.4. The van der Waals surface area contributed by atoms with Crippen molar-refractivity contribution in [3.63, 3.8) is 0 Å². The Kier molecular flexibility index (Phi) is 6.27. The molecule has 1 atom stereocenters. The minimum atomic E-state index is -0.570. The average molecular weight is 405 g/mol. The van der Waals surface area contributed by atoms with E-state index in [1.807, 2.05) is 50.4 Å². The van der Waals surface area contributed by atoms with Gasteiger partial charge in [0.25, 0.3) is 0 Å². The van der Waals surface area contributed by atoms with Crippen LogP contribution in [0.2, 0.25) is 0 Å². The van der Waals surface area contributed by atoms with Crippen molar-refractivity contribution in [2.45, 2.75) is 43.9 Å². The van der Waals surface area contributed by atoms with Crippen LogP contribution in [0.15, 0.2) is 34.5 Å². The van der Waals surface area contributed by atoms with Crippen molar-refractivity contribution in [2.75, 3.05) is 12.9 Å². The van der Waals surface area contributed by atoms with Crippen molar-refractivity contribution in [3.8, 4) is 0 Å². The molecule has 1 aromatic carbocycles. The normalized spacial score (nSPS) is 18.6. The molecule has 1 unspecified atom stereocenters. The van der Waals surface area contributed by atoms with Gasteiger partial charge in [-0.1, -0.05) is 30.3 Å². The second kappa shape index (κ2) is 8.48. The van der Waals surface area contributed by atoms with Crippen molar-refractivity contribution in [2.24, 2.45) is 5.41 Å². The number of thioether (sulfide) groups is 1. The number of carbonyl (C=O) groups excluding carboxylic acids is 2. The maximum Gasteiger partial charge on any atom is 0.348 e. The summed E-state index contributed by atoms with van der Waals surface area (Å²) in [5.41, 5.74) is 2.58. The largest absolute Gasteiger partial charge is 0.462 e. The van der Waals surface area contributed by atoms with Gasteiger partial charge in [-0.25, -0.2) is 4.79 Å². The zero-order valence-corrected chi connectivity index (χ0v) is 17.5. The first-order valence-electron chi connectivity index (χ1n) is 9.05. The highest BCUT2D eigenvalue weighted by Crippen LogP contribution is 2.45. The molecule has 0 saturated heterocycles. The number of benzene rings is 1. The highest BCUT2D eigenvalue weighted by Gasteiger charge is 2.41. The molecule has 27 heavy (non-hydrogen) atoms. The molecule has 2 aromatic rings. The summed E-state index contributed by atoms with van der Waals surface area (Å²) in [6.45, 7) is 4.43. The fourth-order valence-corrected chi connectivity index (χ4v) is 5.42. The van der Waals surface area contributed by atoms with Crippen LogP contribution >= 0.6 is 23.1 Å². The van der Waals surface area contributed by atoms with Crippen LogP contribution < -0.4 is 0 Å². The van der Waals surface area contributed by atoms with Gasteiger partial charge in [-0.15, -0.1) is 23.1 Å². The van der Waals surface area contributed by atoms with Gasteiger partial charge in [-0.2, -0.15) is 0 Å². The number of fused-ring (bicyclic) bond motifs is 1. The summed E-state index contributed by atoms with van der Waals surface area (Å²) in [7, 11) is 0. The van der Waals surface area contributed by atoms with Gasteiger partial charge in [0.15, 0.2) is 0 Å². The molecule has 3 rings (SSSR count). The van der Waals surface area contributed by atoms with E-state index in [1.165, 1.54) is 11.3 Å². The maximum absolute atomic E-state index is 12.8. The third-order valence-corrected chi connectivity index (χ3v) is 7.34. The highest BCUT2D eigenvalue weighted by molar-refractivity contribution is 8.00. The predicted molar refractivity (Wildman–Crippen MR) is 108 cm³/mol. The first-order valence-corrected chi connectivity index (χ1v) is 11.1. The molecule has 1 heterocycles. The van der Waals surface area contributed by atoms with Gasteiger partial charge in [-0.05, 0) is 56.1 Å². The number of rotatable bonds is 6. The predicted octanol–water partition coefficient (Wildman–Crippen LogP) is 4.89. The summed E-state index contributed by atoms with van der Waals surface area (Å²) >= 11 is 3.10. The molecule has 0 saturated carbocycles. The van der Waals surface area contributed by atoms with Gasteiger partial charge < -0.3 is 9.47 Å². The van der Waals surface area contributed by atoms with Gasteiger partial charge in [0.05, 0.1) is 16.2 Å². The molecule has 0 N–H and O–H groups in total. The van der Waals surface area contributed by atoms with E-state index in [0.29, 0.717) is 30.7 Å². The summed E-state index contributed by atoms with van der Waals surface area (Å²) in [4.78, 5) is 25.8. The molecule has 1 aliphatic rings. The van der Waals surface area contributed by atoms with E-state index in [2.05, 4.69) is 0 Å². The molecule has 0 bridgehead atoms. The van der Waals surface area contributed by atoms with Crippen LogP contribution in [0.3, 0.4) is 0 Å². The first-order chi connectivity index (χ1) is 13.0. The first kappa shape index (κ1) is 20.0. The number of ether oxygens (including phenoxy) is 2. The number of esters is 2. The van der Waals surface area contributed by atoms with E-state index >= 15 is 0 Å². The Bertz CT molecular complexity index is 828. The Labute approximate surface area is 168 Å². The van der Waals surface area contributed by atoms with Crippen LogP contribution in [0, 0.1) is 5.41 Å². The quantitative estimate of drug-likeness (QED) is 0.507. The van der Waals surface area contributed by atoms with Crippen LogP contribution in [-0.2, 0) is 33.7 Å². The Morgan fingerprint density at radius 1 is 1.19 bits per heavy atom. The van der Waals surface area contributed by atoms with Crippen molar-refractivity contribution < 1.29 is 19.1 Å². The third-order valence-electron chi connectivity index (χ3n) is 4.93. The zero-order valence-electron chi connectivity index (χ0n) is 15.9. The number of hydrogen-bond acceptors (Lipinski definition) is 6.